The summed E-state index contributed by atoms with van der Waals surface area (Å²) in [6.45, 7) is 0.960. The fourth-order valence-corrected chi connectivity index (χ4v) is 2.32. The Balaban J connectivity index is 2.49. The minimum Gasteiger partial charge on any atom is -0.394 e. The number of aliphatic hydroxyl groups excluding tert-OH is 1. The molecule has 3 atom stereocenters. The number of azide groups is 1. The molecule has 2 N–H and O–H groups in total. The van der Waals surface area contributed by atoms with E-state index in [9.17, 15) is 19.8 Å². The smallest absolute Gasteiger partial charge is 0.332 e. The number of hydrogen-bond acceptors (Lipinski definition) is 6. The van der Waals surface area contributed by atoms with Gasteiger partial charge < -0.3 is 14.9 Å². The molecule has 1 saturated heterocycles. The predicted molar refractivity (Wildman–Crippen MR) is 70.4 cm³/mol. The molecule has 10 nitrogen and oxygen atoms in total. The number of aliphatic hydroxyl groups is 2. The van der Waals surface area contributed by atoms with Crippen LogP contribution in [-0.2, 0) is 11.8 Å². The largest absolute Gasteiger partial charge is 0.394 e. The first-order chi connectivity index (χ1) is 9.84. The van der Waals surface area contributed by atoms with Crippen molar-refractivity contribution >= 4 is 0 Å². The minimum atomic E-state index is -1.95. The van der Waals surface area contributed by atoms with E-state index in [0.717, 1.165) is 9.13 Å². The summed E-state index contributed by atoms with van der Waals surface area (Å²) in [5, 5.41) is 22.6. The highest BCUT2D eigenvalue weighted by molar-refractivity contribution is 5.04. The van der Waals surface area contributed by atoms with Crippen LogP contribution in [0.5, 0.6) is 0 Å². The first-order valence-electron chi connectivity index (χ1n) is 6.17. The zero-order chi connectivity index (χ0) is 15.8. The van der Waals surface area contributed by atoms with E-state index in [1.54, 1.807) is 0 Å². The lowest BCUT2D eigenvalue weighted by atomic mass is 10.1. The Labute approximate surface area is 118 Å². The quantitative estimate of drug-likeness (QED) is 0.423. The van der Waals surface area contributed by atoms with Crippen LogP contribution in [-0.4, -0.2) is 37.8 Å². The van der Waals surface area contributed by atoms with E-state index >= 15 is 0 Å². The number of hydrogen-bond donors (Lipinski definition) is 2. The molecule has 21 heavy (non-hydrogen) atoms. The summed E-state index contributed by atoms with van der Waals surface area (Å²) in [7, 11) is 1.33. The third kappa shape index (κ3) is 2.45. The van der Waals surface area contributed by atoms with Crippen LogP contribution < -0.4 is 11.2 Å². The van der Waals surface area contributed by atoms with Crippen molar-refractivity contribution in [1.82, 2.24) is 9.13 Å². The molecular formula is C11H15N5O5. The monoisotopic (exact) mass is 297 g/mol. The molecule has 0 aliphatic carbocycles. The molecule has 2 heterocycles. The van der Waals surface area contributed by atoms with E-state index in [4.69, 9.17) is 10.3 Å². The molecule has 0 unspecified atom stereocenters. The number of rotatable bonds is 3. The van der Waals surface area contributed by atoms with Crippen LogP contribution in [0.3, 0.4) is 0 Å². The van der Waals surface area contributed by atoms with Crippen molar-refractivity contribution in [2.24, 2.45) is 12.2 Å². The Kier molecular flexibility index (Phi) is 3.88. The standard InChI is InChI=1S/C11H15N5O5/c1-6-4-16(10(19)15(2)9(6)18)8-3-11(20,13-14-12)7(5-17)21-8/h4,7-8,17,20H,3,5H2,1-2H3/t7-,8-,11+/m1/s1. The van der Waals surface area contributed by atoms with Crippen LogP contribution in [0.25, 0.3) is 10.4 Å². The van der Waals surface area contributed by atoms with Gasteiger partial charge in [0.1, 0.15) is 12.3 Å². The summed E-state index contributed by atoms with van der Waals surface area (Å²) in [6.07, 6.45) is -0.996. The van der Waals surface area contributed by atoms with Gasteiger partial charge in [0.2, 0.25) is 0 Å². The minimum absolute atomic E-state index is 0.208. The molecule has 0 amide bonds. The summed E-state index contributed by atoms with van der Waals surface area (Å²) >= 11 is 0. The number of nitrogens with zero attached hydrogens (tertiary/aromatic N) is 5. The van der Waals surface area contributed by atoms with Crippen LogP contribution >= 0.6 is 0 Å². The Morgan fingerprint density at radius 3 is 2.86 bits per heavy atom. The van der Waals surface area contributed by atoms with Crippen LogP contribution in [0.4, 0.5) is 0 Å². The summed E-state index contributed by atoms with van der Waals surface area (Å²) in [6, 6.07) is 0. The number of aryl methyl sites for hydroxylation is 1. The first kappa shape index (κ1) is 15.3. The SMILES string of the molecule is Cc1cn([C@H]2C[C@@](O)(N=[N+]=[N-])[C@@H](CO)O2)c(=O)n(C)c1=O. The lowest BCUT2D eigenvalue weighted by molar-refractivity contribution is -0.0799. The third-order valence-corrected chi connectivity index (χ3v) is 3.49. The summed E-state index contributed by atoms with van der Waals surface area (Å²) in [4.78, 5) is 26.3. The Morgan fingerprint density at radius 2 is 2.29 bits per heavy atom. The van der Waals surface area contributed by atoms with Crippen molar-refractivity contribution in [2.45, 2.75) is 31.4 Å². The Hall–Kier alpha value is -2.13. The van der Waals surface area contributed by atoms with Gasteiger partial charge in [0, 0.05) is 30.1 Å². The maximum Gasteiger partial charge on any atom is 0.332 e. The zero-order valence-electron chi connectivity index (χ0n) is 11.5. The predicted octanol–water partition coefficient (Wildman–Crippen LogP) is -0.866. The van der Waals surface area contributed by atoms with Crippen molar-refractivity contribution in [3.63, 3.8) is 0 Å². The highest BCUT2D eigenvalue weighted by atomic mass is 16.6. The van der Waals surface area contributed by atoms with Gasteiger partial charge in [0.25, 0.3) is 5.56 Å². The van der Waals surface area contributed by atoms with Crippen molar-refractivity contribution in [2.75, 3.05) is 6.61 Å². The van der Waals surface area contributed by atoms with E-state index < -0.39 is 35.9 Å². The van der Waals surface area contributed by atoms with Gasteiger partial charge in [0.15, 0.2) is 5.72 Å². The molecule has 0 spiro atoms. The van der Waals surface area contributed by atoms with Crippen molar-refractivity contribution in [3.05, 3.63) is 43.0 Å². The molecule has 0 aromatic carbocycles. The van der Waals surface area contributed by atoms with Crippen LogP contribution in [0.2, 0.25) is 0 Å². The highest BCUT2D eigenvalue weighted by Gasteiger charge is 2.47. The summed E-state index contributed by atoms with van der Waals surface area (Å²) < 4.78 is 7.42. The van der Waals surface area contributed by atoms with Gasteiger partial charge in [-0.05, 0) is 12.5 Å². The molecule has 1 aliphatic rings. The molecule has 2 rings (SSSR count). The van der Waals surface area contributed by atoms with Gasteiger partial charge in [-0.3, -0.25) is 13.9 Å². The molecule has 114 valence electrons. The molecule has 1 aromatic rings. The fraction of sp³-hybridized carbons (Fsp3) is 0.636. The van der Waals surface area contributed by atoms with Crippen molar-refractivity contribution in [1.29, 1.82) is 0 Å². The molecule has 0 radical (unpaired) electrons. The van der Waals surface area contributed by atoms with Gasteiger partial charge in [-0.2, -0.15) is 0 Å². The maximum atomic E-state index is 12.1. The second-order valence-corrected chi connectivity index (χ2v) is 4.90. The van der Waals surface area contributed by atoms with Crippen LogP contribution in [0.15, 0.2) is 20.9 Å². The normalized spacial score (nSPS) is 28.4. The van der Waals surface area contributed by atoms with Gasteiger partial charge in [-0.1, -0.05) is 5.11 Å². The lowest BCUT2D eigenvalue weighted by Crippen LogP contribution is -2.40. The average Bonchev–Trinajstić information content (AvgIpc) is 2.77. The summed E-state index contributed by atoms with van der Waals surface area (Å²) in [5.41, 5.74) is 5.80. The van der Waals surface area contributed by atoms with E-state index in [1.807, 2.05) is 0 Å². The van der Waals surface area contributed by atoms with Gasteiger partial charge >= 0.3 is 5.69 Å². The molecule has 1 fully saturated rings. The molecule has 10 heteroatoms. The molecule has 1 aromatic heterocycles. The number of aromatic nitrogens is 2. The average molecular weight is 297 g/mol. The second kappa shape index (κ2) is 5.34. The molecule has 0 saturated carbocycles. The fourth-order valence-electron chi connectivity index (χ4n) is 2.32. The molecule has 1 aliphatic heterocycles. The highest BCUT2D eigenvalue weighted by Crippen LogP contribution is 2.37. The van der Waals surface area contributed by atoms with E-state index in [0.29, 0.717) is 5.56 Å². The van der Waals surface area contributed by atoms with E-state index in [-0.39, 0.29) is 6.42 Å². The van der Waals surface area contributed by atoms with E-state index in [1.165, 1.54) is 20.2 Å². The van der Waals surface area contributed by atoms with E-state index in [2.05, 4.69) is 10.0 Å². The lowest BCUT2D eigenvalue weighted by Gasteiger charge is -2.19. The van der Waals surface area contributed by atoms with Gasteiger partial charge in [-0.15, -0.1) is 0 Å². The first-order valence-corrected chi connectivity index (χ1v) is 6.17. The maximum absolute atomic E-state index is 12.1. The second-order valence-electron chi connectivity index (χ2n) is 4.90. The Bertz CT molecular complexity index is 719. The Morgan fingerprint density at radius 1 is 1.62 bits per heavy atom. The van der Waals surface area contributed by atoms with Gasteiger partial charge in [0.05, 0.1) is 6.61 Å². The van der Waals surface area contributed by atoms with Gasteiger partial charge in [-0.25, -0.2) is 4.79 Å². The molecular weight excluding hydrogens is 282 g/mol. The van der Waals surface area contributed by atoms with Crippen molar-refractivity contribution in [3.8, 4) is 0 Å². The zero-order valence-corrected chi connectivity index (χ0v) is 11.5. The van der Waals surface area contributed by atoms with Crippen LogP contribution in [0, 0.1) is 6.92 Å². The third-order valence-electron chi connectivity index (χ3n) is 3.49. The molecule has 0 bridgehead atoms. The topological polar surface area (TPSA) is 142 Å². The van der Waals surface area contributed by atoms with Crippen molar-refractivity contribution < 1.29 is 14.9 Å². The van der Waals surface area contributed by atoms with Crippen LogP contribution in [0.1, 0.15) is 18.2 Å². The number of ether oxygens (including phenoxy) is 1. The summed E-state index contributed by atoms with van der Waals surface area (Å²) in [5.74, 6) is 0.